The van der Waals surface area contributed by atoms with Gasteiger partial charge in [-0.15, -0.1) is 0 Å². The molecule has 2 aliphatic heterocycles. The van der Waals surface area contributed by atoms with Gasteiger partial charge in [0.05, 0.1) is 38.0 Å². The molecule has 2 saturated carbocycles. The second kappa shape index (κ2) is 30.4. The first-order chi connectivity index (χ1) is 41.4. The molecule has 0 amide bonds. The summed E-state index contributed by atoms with van der Waals surface area (Å²) >= 11 is 0. The number of hydrogen-bond acceptors (Lipinski definition) is 26. The minimum absolute atomic E-state index is 0. The first-order valence-corrected chi connectivity index (χ1v) is 30.0. The summed E-state index contributed by atoms with van der Waals surface area (Å²) in [6, 6.07) is 21.4. The number of aliphatic hydroxyl groups is 5. The Bertz CT molecular complexity index is 3540. The highest BCUT2D eigenvalue weighted by molar-refractivity contribution is 7.56. The van der Waals surface area contributed by atoms with Crippen molar-refractivity contribution in [2.24, 2.45) is 0 Å². The molecule has 0 bridgehead atoms. The second-order valence-corrected chi connectivity index (χ2v) is 23.8. The molecular formula is C54H72FN13O18P2. The third kappa shape index (κ3) is 15.7. The van der Waals surface area contributed by atoms with Crippen LogP contribution in [0.3, 0.4) is 0 Å². The number of fused-ring (bicyclic) bond motifs is 2. The lowest BCUT2D eigenvalue weighted by Crippen LogP contribution is -2.41. The quantitative estimate of drug-likeness (QED) is 0.0236. The number of anilines is 2. The Labute approximate surface area is 505 Å². The molecule has 2 unspecified atom stereocenters. The molecule has 4 fully saturated rings. The first-order valence-electron chi connectivity index (χ1n) is 27.1. The molecule has 11 N–H and O–H groups in total. The number of hydrogen-bond donors (Lipinski definition) is 9. The van der Waals surface area contributed by atoms with Crippen molar-refractivity contribution in [3.05, 3.63) is 113 Å². The molecule has 478 valence electrons. The number of halogens is 1. The molecule has 88 heavy (non-hydrogen) atoms. The van der Waals surface area contributed by atoms with Crippen LogP contribution in [0.4, 0.5) is 21.7 Å². The number of nitrogens with two attached hydrogens (primary N) is 2. The van der Waals surface area contributed by atoms with Crippen molar-refractivity contribution in [1.29, 1.82) is 10.5 Å². The van der Waals surface area contributed by atoms with Crippen LogP contribution >= 0.6 is 15.3 Å². The maximum absolute atomic E-state index is 13.8. The highest BCUT2D eigenvalue weighted by Crippen LogP contribution is 2.48. The number of nitriles is 2. The largest absolute Gasteiger partial charge is 0.461 e. The number of nitro groups is 1. The summed E-state index contributed by atoms with van der Waals surface area (Å²) in [6.45, 7) is 3.24. The van der Waals surface area contributed by atoms with Gasteiger partial charge >= 0.3 is 27.2 Å². The van der Waals surface area contributed by atoms with Gasteiger partial charge in [-0.3, -0.25) is 33.2 Å². The molecule has 2 aliphatic carbocycles. The normalized spacial score (nSPS) is 25.0. The fraction of sp³-hybridized carbons (Fsp3) is 0.481. The molecule has 4 aliphatic rings. The molecule has 10 rings (SSSR count). The van der Waals surface area contributed by atoms with Crippen LogP contribution in [0.2, 0.25) is 0 Å². The molecule has 2 saturated heterocycles. The Hall–Kier alpha value is -7.81. The third-order valence-corrected chi connectivity index (χ3v) is 17.1. The van der Waals surface area contributed by atoms with Gasteiger partial charge in [0, 0.05) is 18.8 Å². The summed E-state index contributed by atoms with van der Waals surface area (Å²) in [5, 5.41) is 94.5. The highest BCUT2D eigenvalue weighted by Gasteiger charge is 2.59. The van der Waals surface area contributed by atoms with Crippen LogP contribution in [0.5, 0.6) is 11.5 Å². The number of alkyl halides is 1. The van der Waals surface area contributed by atoms with Crippen molar-refractivity contribution < 1.29 is 87.5 Å². The lowest BCUT2D eigenvalue weighted by Gasteiger charge is -2.28. The number of esters is 2. The molecule has 0 spiro atoms. The Morgan fingerprint density at radius 3 is 1.65 bits per heavy atom. The van der Waals surface area contributed by atoms with Crippen LogP contribution in [0, 0.1) is 32.8 Å². The van der Waals surface area contributed by atoms with E-state index >= 15 is 0 Å². The average molecular weight is 1270 g/mol. The maximum atomic E-state index is 13.8. The van der Waals surface area contributed by atoms with Gasteiger partial charge in [0.1, 0.15) is 108 Å². The fourth-order valence-corrected chi connectivity index (χ4v) is 11.9. The molecule has 2 aromatic carbocycles. The molecular weight excluding hydrogens is 1200 g/mol. The zero-order valence-electron chi connectivity index (χ0n) is 47.3. The summed E-state index contributed by atoms with van der Waals surface area (Å²) in [5.74, 6) is -0.345. The van der Waals surface area contributed by atoms with Gasteiger partial charge < -0.3 is 65.0 Å². The van der Waals surface area contributed by atoms with Gasteiger partial charge in [0.25, 0.3) is 5.69 Å². The van der Waals surface area contributed by atoms with E-state index in [2.05, 4.69) is 30.3 Å². The predicted octanol–water partition coefficient (Wildman–Crippen LogP) is 4.30. The number of nitrogens with zero attached hydrogens (tertiary/aromatic N) is 9. The Morgan fingerprint density at radius 1 is 0.784 bits per heavy atom. The molecule has 4 aromatic heterocycles. The number of nitro benzene ring substituents is 1. The summed E-state index contributed by atoms with van der Waals surface area (Å²) in [6.07, 6.45) is -1.24. The highest BCUT2D eigenvalue weighted by atomic mass is 31.2. The van der Waals surface area contributed by atoms with Gasteiger partial charge in [0.2, 0.25) is 11.2 Å². The summed E-state index contributed by atoms with van der Waals surface area (Å²) < 4.78 is 82.8. The van der Waals surface area contributed by atoms with Crippen molar-refractivity contribution in [2.45, 2.75) is 139 Å². The van der Waals surface area contributed by atoms with Gasteiger partial charge in [-0.05, 0) is 101 Å². The van der Waals surface area contributed by atoms with Crippen LogP contribution < -0.4 is 30.7 Å². The summed E-state index contributed by atoms with van der Waals surface area (Å²) in [4.78, 5) is 42.2. The van der Waals surface area contributed by atoms with E-state index in [0.717, 1.165) is 38.5 Å². The summed E-state index contributed by atoms with van der Waals surface area (Å²) in [5.41, 5.74) is 8.71. The number of benzene rings is 2. The lowest BCUT2D eigenvalue weighted by atomic mass is 9.92. The van der Waals surface area contributed by atoms with E-state index in [0.29, 0.717) is 11.0 Å². The number of ether oxygens (including phenoxy) is 4. The molecule has 6 heterocycles. The van der Waals surface area contributed by atoms with Gasteiger partial charge in [-0.1, -0.05) is 33.1 Å². The fourth-order valence-electron chi connectivity index (χ4n) is 9.06. The Kier molecular flexibility index (Phi) is 23.9. The molecule has 34 heteroatoms. The van der Waals surface area contributed by atoms with Crippen molar-refractivity contribution >= 4 is 55.6 Å². The van der Waals surface area contributed by atoms with Crippen LogP contribution in [-0.2, 0) is 53.4 Å². The number of aliphatic hydroxyl groups excluding tert-OH is 5. The van der Waals surface area contributed by atoms with E-state index < -0.39 is 112 Å². The second-order valence-electron chi connectivity index (χ2n) is 19.9. The Morgan fingerprint density at radius 2 is 1.23 bits per heavy atom. The number of rotatable bonds is 19. The monoisotopic (exact) mass is 1270 g/mol. The number of nitrogens with one attached hydrogen (secondary N) is 2. The van der Waals surface area contributed by atoms with E-state index in [-0.39, 0.29) is 67.3 Å². The van der Waals surface area contributed by atoms with E-state index in [1.807, 2.05) is 12.1 Å². The minimum Gasteiger partial charge on any atom is -0.461 e. The topological polar surface area (TPSA) is 461 Å². The number of non-ortho nitro benzene ring substituents is 1. The van der Waals surface area contributed by atoms with Gasteiger partial charge in [-0.2, -0.15) is 25.8 Å². The molecule has 12 atom stereocenters. The smallest absolute Gasteiger partial charge is 0.459 e. The van der Waals surface area contributed by atoms with Crippen LogP contribution in [0.25, 0.3) is 11.0 Å². The van der Waals surface area contributed by atoms with Gasteiger partial charge in [-0.25, -0.2) is 28.7 Å². The van der Waals surface area contributed by atoms with Crippen molar-refractivity contribution in [2.75, 3.05) is 38.5 Å². The average Bonchev–Trinajstić information content (AvgIpc) is 1.73. The predicted molar refractivity (Wildman–Crippen MR) is 311 cm³/mol. The number of carbonyl (C=O) groups is 2. The number of nitrogen functional groups attached to an aromatic ring is 2. The molecule has 6 aromatic rings. The van der Waals surface area contributed by atoms with Crippen molar-refractivity contribution in [3.8, 4) is 23.6 Å². The minimum atomic E-state index is -4.29. The number of carbonyl (C=O) groups excluding carboxylic acids is 2. The van der Waals surface area contributed by atoms with Crippen LogP contribution in [-0.4, -0.2) is 160 Å². The van der Waals surface area contributed by atoms with Crippen LogP contribution in [0.1, 0.15) is 80.0 Å². The SMILES string of the molecule is C.C.C[C@H](NP(=O)(OC[C@H]1O[C@@](C#N)(c2ccc3c(N)ncnn23)[C@H](O)[C@@H]1O)Oc1ccccc1)C(=O)OC1CCC1.C[C@H](NP(C)(=O)Oc1ccc([N+](=O)[O-])cc1)C(=O)OC1CCC1.N#C[C@@]1(c2ccc3c(N)ncnn23)O[C@H](CO)[C@@H](O)[C@H]1O.[2H]CF. The van der Waals surface area contributed by atoms with E-state index in [4.69, 9.17) is 45.4 Å². The third-order valence-electron chi connectivity index (χ3n) is 14.0. The maximum Gasteiger partial charge on any atom is 0.459 e. The van der Waals surface area contributed by atoms with Crippen LogP contribution in [0.15, 0.2) is 91.5 Å². The zero-order valence-corrected chi connectivity index (χ0v) is 48.1. The van der Waals surface area contributed by atoms with Crippen molar-refractivity contribution in [3.63, 3.8) is 0 Å². The van der Waals surface area contributed by atoms with E-state index in [1.54, 1.807) is 49.4 Å². The summed E-state index contributed by atoms with van der Waals surface area (Å²) in [7, 11) is -8.61. The van der Waals surface area contributed by atoms with E-state index in [9.17, 15) is 69.3 Å². The molecule has 0 radical (unpaired) electrons. The van der Waals surface area contributed by atoms with Crippen molar-refractivity contribution in [1.82, 2.24) is 39.4 Å². The first kappa shape index (κ1) is 69.3. The molecule has 31 nitrogen and oxygen atoms in total. The standard InChI is InChI=1S/C25H29N6O8P.C14H19N2O6P.C12H13N5O4.CH3F.2CH4/c1-15(24(34)37-16-8-5-9-16)30-40(35,39-17-6-3-2-4-7-17)36-12-19-21(32)22(33)25(13-26,38-19)20-11-10-18-23(27)28-14-29-31(18)20;1-10(14(17)21-12-4-3-5-12)15-23(2,20)22-13-8-6-11(7-9-13)16(18)19;13-4-12(10(20)9(19)7(3-18)21-12)8-2-1-6-11(14)15-5-16-17(6)8;1-2;;/h2-4,6-7,10-11,14-16,19,21-22,32-33H,5,8-9,12H2,1H3,(H,30,35)(H2,27,28,29);6-10,12H,3-5H2,1-2H3,(H,15,20);1-2,5,7,9-10,18-20H,3H2,(H2,14,15,16);1H3;2*1H4/t15-,19+,21+,22+,25-,40?;10-,23?;7-,9-,10-,12+;;;/m001.../s1/i;;;1D;;. The van der Waals surface area contributed by atoms with Gasteiger partial charge in [0.15, 0.2) is 11.6 Å². The number of aromatic nitrogens is 6. The zero-order chi connectivity index (χ0) is 63.4. The lowest BCUT2D eigenvalue weighted by molar-refractivity contribution is -0.384. The Balaban J connectivity index is 0.000000252. The van der Waals surface area contributed by atoms with E-state index in [1.165, 1.54) is 71.7 Å². The number of para-hydroxylation sites is 1.